The molecule has 16 heavy (non-hydrogen) atoms. The molecular formula is C12H15F2NO. The predicted molar refractivity (Wildman–Crippen MR) is 57.5 cm³/mol. The molecule has 1 fully saturated rings. The van der Waals surface area contributed by atoms with Gasteiger partial charge in [-0.1, -0.05) is 0 Å². The Morgan fingerprint density at radius 3 is 2.88 bits per heavy atom. The van der Waals surface area contributed by atoms with E-state index in [1.807, 2.05) is 6.92 Å². The standard InChI is InChI=1S/C12H15F2NO/c1-12(5-2-6-15-8-12)16-11-7-9(13)3-4-10(11)14/h3-4,7,15H,2,5-6,8H2,1H3. The van der Waals surface area contributed by atoms with Crippen LogP contribution in [0.5, 0.6) is 5.75 Å². The van der Waals surface area contributed by atoms with Gasteiger partial charge in [-0.3, -0.25) is 0 Å². The summed E-state index contributed by atoms with van der Waals surface area (Å²) in [6, 6.07) is 3.27. The molecule has 2 rings (SSSR count). The molecule has 0 aromatic heterocycles. The van der Waals surface area contributed by atoms with Gasteiger partial charge in [-0.05, 0) is 38.4 Å². The van der Waals surface area contributed by atoms with E-state index < -0.39 is 17.2 Å². The molecule has 1 unspecified atom stereocenters. The van der Waals surface area contributed by atoms with Crippen molar-refractivity contribution in [3.63, 3.8) is 0 Å². The summed E-state index contributed by atoms with van der Waals surface area (Å²) in [7, 11) is 0. The van der Waals surface area contributed by atoms with Crippen molar-refractivity contribution in [1.29, 1.82) is 0 Å². The highest BCUT2D eigenvalue weighted by atomic mass is 19.1. The third-order valence-electron chi connectivity index (χ3n) is 2.81. The molecule has 1 heterocycles. The lowest BCUT2D eigenvalue weighted by Gasteiger charge is -2.34. The minimum absolute atomic E-state index is 0.00815. The van der Waals surface area contributed by atoms with E-state index in [1.165, 1.54) is 0 Å². The summed E-state index contributed by atoms with van der Waals surface area (Å²) >= 11 is 0. The van der Waals surface area contributed by atoms with Gasteiger partial charge in [0, 0.05) is 12.6 Å². The molecule has 1 aromatic carbocycles. The maximum Gasteiger partial charge on any atom is 0.165 e. The topological polar surface area (TPSA) is 21.3 Å². The lowest BCUT2D eigenvalue weighted by atomic mass is 9.96. The van der Waals surface area contributed by atoms with E-state index in [1.54, 1.807) is 0 Å². The van der Waals surface area contributed by atoms with Crippen molar-refractivity contribution in [3.05, 3.63) is 29.8 Å². The molecule has 4 heteroatoms. The number of ether oxygens (including phenoxy) is 1. The third-order valence-corrected chi connectivity index (χ3v) is 2.81. The number of nitrogens with one attached hydrogen (secondary N) is 1. The highest BCUT2D eigenvalue weighted by Crippen LogP contribution is 2.27. The molecule has 0 amide bonds. The Labute approximate surface area is 93.6 Å². The van der Waals surface area contributed by atoms with Gasteiger partial charge < -0.3 is 10.1 Å². The van der Waals surface area contributed by atoms with Gasteiger partial charge in [0.25, 0.3) is 0 Å². The number of halogens is 2. The summed E-state index contributed by atoms with van der Waals surface area (Å²) in [5.41, 5.74) is -0.452. The van der Waals surface area contributed by atoms with E-state index in [0.29, 0.717) is 6.54 Å². The van der Waals surface area contributed by atoms with Crippen molar-refractivity contribution in [2.45, 2.75) is 25.4 Å². The Morgan fingerprint density at radius 2 is 2.19 bits per heavy atom. The van der Waals surface area contributed by atoms with Gasteiger partial charge in [0.05, 0.1) is 0 Å². The van der Waals surface area contributed by atoms with Crippen LogP contribution in [0.3, 0.4) is 0 Å². The highest BCUT2D eigenvalue weighted by Gasteiger charge is 2.29. The van der Waals surface area contributed by atoms with Crippen LogP contribution in [0.1, 0.15) is 19.8 Å². The monoisotopic (exact) mass is 227 g/mol. The third kappa shape index (κ3) is 2.50. The minimum Gasteiger partial charge on any atom is -0.483 e. The molecule has 0 spiro atoms. The van der Waals surface area contributed by atoms with Crippen molar-refractivity contribution >= 4 is 0 Å². The van der Waals surface area contributed by atoms with Crippen molar-refractivity contribution in [1.82, 2.24) is 5.32 Å². The molecule has 0 radical (unpaired) electrons. The molecule has 0 bridgehead atoms. The first-order chi connectivity index (χ1) is 7.59. The Morgan fingerprint density at radius 1 is 1.38 bits per heavy atom. The van der Waals surface area contributed by atoms with E-state index in [2.05, 4.69) is 5.32 Å². The Bertz CT molecular complexity index is 375. The van der Waals surface area contributed by atoms with E-state index in [9.17, 15) is 8.78 Å². The normalized spacial score (nSPS) is 25.4. The van der Waals surface area contributed by atoms with Crippen LogP contribution in [0.2, 0.25) is 0 Å². The van der Waals surface area contributed by atoms with Gasteiger partial charge in [0.15, 0.2) is 11.6 Å². The fourth-order valence-electron chi connectivity index (χ4n) is 1.94. The van der Waals surface area contributed by atoms with Crippen LogP contribution in [0, 0.1) is 11.6 Å². The predicted octanol–water partition coefficient (Wildman–Crippen LogP) is 2.49. The summed E-state index contributed by atoms with van der Waals surface area (Å²) in [5.74, 6) is -1.01. The summed E-state index contributed by atoms with van der Waals surface area (Å²) in [5, 5.41) is 3.19. The number of hydrogen-bond acceptors (Lipinski definition) is 2. The zero-order valence-corrected chi connectivity index (χ0v) is 9.22. The van der Waals surface area contributed by atoms with Crippen LogP contribution in [0.4, 0.5) is 8.78 Å². The molecule has 0 saturated carbocycles. The summed E-state index contributed by atoms with van der Waals surface area (Å²) < 4.78 is 31.9. The van der Waals surface area contributed by atoms with Gasteiger partial charge in [-0.15, -0.1) is 0 Å². The summed E-state index contributed by atoms with van der Waals surface area (Å²) in [4.78, 5) is 0. The first-order valence-electron chi connectivity index (χ1n) is 5.44. The van der Waals surface area contributed by atoms with Crippen LogP contribution >= 0.6 is 0 Å². The minimum atomic E-state index is -0.520. The Balaban J connectivity index is 2.15. The first-order valence-corrected chi connectivity index (χ1v) is 5.44. The summed E-state index contributed by atoms with van der Waals surface area (Å²) in [6.45, 7) is 3.51. The van der Waals surface area contributed by atoms with Gasteiger partial charge >= 0.3 is 0 Å². The zero-order valence-electron chi connectivity index (χ0n) is 9.22. The molecule has 1 atom stereocenters. The fraction of sp³-hybridized carbons (Fsp3) is 0.500. The zero-order chi connectivity index (χ0) is 11.6. The fourth-order valence-corrected chi connectivity index (χ4v) is 1.94. The van der Waals surface area contributed by atoms with E-state index in [-0.39, 0.29) is 5.75 Å². The molecule has 1 aromatic rings. The second-order valence-electron chi connectivity index (χ2n) is 4.41. The van der Waals surface area contributed by atoms with Crippen LogP contribution in [0.15, 0.2) is 18.2 Å². The van der Waals surface area contributed by atoms with Crippen molar-refractivity contribution in [2.24, 2.45) is 0 Å². The van der Waals surface area contributed by atoms with E-state index in [0.717, 1.165) is 37.6 Å². The van der Waals surface area contributed by atoms with Gasteiger partial charge in [0.1, 0.15) is 11.4 Å². The molecular weight excluding hydrogens is 212 g/mol. The maximum atomic E-state index is 13.4. The lowest BCUT2D eigenvalue weighted by molar-refractivity contribution is 0.0569. The number of benzene rings is 1. The molecule has 0 aliphatic carbocycles. The number of piperidine rings is 1. The highest BCUT2D eigenvalue weighted by molar-refractivity contribution is 5.25. The van der Waals surface area contributed by atoms with E-state index >= 15 is 0 Å². The second kappa shape index (κ2) is 4.37. The second-order valence-corrected chi connectivity index (χ2v) is 4.41. The lowest BCUT2D eigenvalue weighted by Crippen LogP contribution is -2.47. The summed E-state index contributed by atoms with van der Waals surface area (Å²) in [6.07, 6.45) is 1.82. The average molecular weight is 227 g/mol. The SMILES string of the molecule is CC1(Oc2cc(F)ccc2F)CCCNC1. The smallest absolute Gasteiger partial charge is 0.165 e. The quantitative estimate of drug-likeness (QED) is 0.838. The van der Waals surface area contributed by atoms with Gasteiger partial charge in [-0.2, -0.15) is 0 Å². The molecule has 1 N–H and O–H groups in total. The van der Waals surface area contributed by atoms with Gasteiger partial charge in [0.2, 0.25) is 0 Å². The largest absolute Gasteiger partial charge is 0.483 e. The van der Waals surface area contributed by atoms with Crippen LogP contribution < -0.4 is 10.1 Å². The maximum absolute atomic E-state index is 13.4. The van der Waals surface area contributed by atoms with Crippen molar-refractivity contribution < 1.29 is 13.5 Å². The van der Waals surface area contributed by atoms with Crippen LogP contribution in [-0.2, 0) is 0 Å². The number of rotatable bonds is 2. The Hall–Kier alpha value is -1.16. The van der Waals surface area contributed by atoms with Crippen molar-refractivity contribution in [3.8, 4) is 5.75 Å². The molecule has 88 valence electrons. The average Bonchev–Trinajstić information content (AvgIpc) is 2.24. The van der Waals surface area contributed by atoms with Gasteiger partial charge in [-0.25, -0.2) is 8.78 Å². The molecule has 1 aliphatic rings. The van der Waals surface area contributed by atoms with Crippen LogP contribution in [-0.4, -0.2) is 18.7 Å². The Kier molecular flexibility index (Phi) is 3.10. The van der Waals surface area contributed by atoms with E-state index in [4.69, 9.17) is 4.74 Å². The van der Waals surface area contributed by atoms with Crippen LogP contribution in [0.25, 0.3) is 0 Å². The molecule has 2 nitrogen and oxygen atoms in total. The first kappa shape index (κ1) is 11.3. The molecule has 1 saturated heterocycles. The van der Waals surface area contributed by atoms with Crippen molar-refractivity contribution in [2.75, 3.05) is 13.1 Å². The number of hydrogen-bond donors (Lipinski definition) is 1. The molecule has 1 aliphatic heterocycles.